The molecule has 4 N–H and O–H groups in total. The van der Waals surface area contributed by atoms with Crippen molar-refractivity contribution in [3.05, 3.63) is 50.9 Å². The summed E-state index contributed by atoms with van der Waals surface area (Å²) >= 11 is 5.42. The largest absolute Gasteiger partial charge is 0.383 e. The lowest BCUT2D eigenvalue weighted by Gasteiger charge is -2.26. The number of benzene rings is 1. The summed E-state index contributed by atoms with van der Waals surface area (Å²) in [5, 5.41) is 3.10. The van der Waals surface area contributed by atoms with E-state index in [0.29, 0.717) is 18.7 Å². The van der Waals surface area contributed by atoms with E-state index in [4.69, 9.17) is 22.7 Å². The first-order valence-corrected chi connectivity index (χ1v) is 8.75. The molecule has 0 aliphatic carbocycles. The van der Waals surface area contributed by atoms with Crippen LogP contribution in [-0.2, 0) is 11.3 Å². The third kappa shape index (κ3) is 4.92. The number of rotatable bonds is 7. The van der Waals surface area contributed by atoms with Gasteiger partial charge in [-0.2, -0.15) is 0 Å². The first kappa shape index (κ1) is 20.6. The van der Waals surface area contributed by atoms with Crippen molar-refractivity contribution in [1.29, 1.82) is 0 Å². The summed E-state index contributed by atoms with van der Waals surface area (Å²) in [5.74, 6) is -0.361. The fourth-order valence-electron chi connectivity index (χ4n) is 2.51. The molecule has 1 aromatic carbocycles. The molecular weight excluding hydrogens is 373 g/mol. The lowest BCUT2D eigenvalue weighted by molar-refractivity contribution is 0.208. The molecule has 27 heavy (non-hydrogen) atoms. The van der Waals surface area contributed by atoms with E-state index in [1.807, 2.05) is 6.92 Å². The summed E-state index contributed by atoms with van der Waals surface area (Å²) in [6, 6.07) is 5.60. The number of aromatic amines is 1. The fourth-order valence-corrected chi connectivity index (χ4v) is 2.81. The van der Waals surface area contributed by atoms with Gasteiger partial charge < -0.3 is 20.7 Å². The van der Waals surface area contributed by atoms with Crippen LogP contribution < -0.4 is 27.2 Å². The summed E-state index contributed by atoms with van der Waals surface area (Å²) in [6.45, 7) is 2.73. The molecule has 0 spiro atoms. The highest BCUT2D eigenvalue weighted by molar-refractivity contribution is 7.80. The Morgan fingerprint density at radius 1 is 1.37 bits per heavy atom. The molecule has 0 saturated heterocycles. The molecule has 0 amide bonds. The van der Waals surface area contributed by atoms with Crippen LogP contribution in [0.2, 0.25) is 0 Å². The molecule has 8 nitrogen and oxygen atoms in total. The second-order valence-electron chi connectivity index (χ2n) is 5.73. The summed E-state index contributed by atoms with van der Waals surface area (Å²) in [4.78, 5) is 28.2. The Labute approximate surface area is 160 Å². The summed E-state index contributed by atoms with van der Waals surface area (Å²) < 4.78 is 19.5. The summed E-state index contributed by atoms with van der Waals surface area (Å²) in [5.41, 5.74) is 5.49. The minimum absolute atomic E-state index is 0.0185. The van der Waals surface area contributed by atoms with Gasteiger partial charge in [-0.05, 0) is 42.9 Å². The van der Waals surface area contributed by atoms with E-state index in [1.54, 1.807) is 0 Å². The molecular formula is C17H22FN5O3S. The molecule has 0 atom stereocenters. The number of nitrogens with zero attached hydrogens (tertiary/aromatic N) is 2. The van der Waals surface area contributed by atoms with Crippen molar-refractivity contribution in [3.63, 3.8) is 0 Å². The number of ether oxygens (including phenoxy) is 1. The van der Waals surface area contributed by atoms with Gasteiger partial charge in [0.25, 0.3) is 5.56 Å². The Hall–Kier alpha value is -2.72. The molecule has 0 saturated carbocycles. The van der Waals surface area contributed by atoms with Crippen LogP contribution in [0.25, 0.3) is 0 Å². The Balaban J connectivity index is 2.45. The van der Waals surface area contributed by atoms with Crippen molar-refractivity contribution >= 4 is 34.5 Å². The summed E-state index contributed by atoms with van der Waals surface area (Å²) in [6.07, 6.45) is 0.659. The minimum atomic E-state index is -0.649. The maximum absolute atomic E-state index is 13.1. The van der Waals surface area contributed by atoms with Crippen LogP contribution >= 0.6 is 12.2 Å². The van der Waals surface area contributed by atoms with Gasteiger partial charge in [0.1, 0.15) is 11.6 Å². The molecule has 0 radical (unpaired) electrons. The molecule has 146 valence electrons. The number of hydrogen-bond donors (Lipinski definition) is 3. The topological polar surface area (TPSA) is 105 Å². The zero-order chi connectivity index (χ0) is 20.0. The molecule has 2 aromatic rings. The number of hydrogen-bond acceptors (Lipinski definition) is 5. The van der Waals surface area contributed by atoms with Gasteiger partial charge in [0, 0.05) is 25.9 Å². The van der Waals surface area contributed by atoms with Crippen molar-refractivity contribution in [1.82, 2.24) is 9.55 Å². The van der Waals surface area contributed by atoms with Gasteiger partial charge in [-0.1, -0.05) is 6.92 Å². The van der Waals surface area contributed by atoms with Crippen LogP contribution in [0.4, 0.5) is 21.6 Å². The highest BCUT2D eigenvalue weighted by Gasteiger charge is 2.22. The Kier molecular flexibility index (Phi) is 7.08. The SMILES string of the molecule is CCCn1c(N)c(N(CCOC)C(=S)Nc2ccc(F)cc2)c(=O)[nH]c1=O. The van der Waals surface area contributed by atoms with E-state index in [0.717, 1.165) is 0 Å². The van der Waals surface area contributed by atoms with Crippen molar-refractivity contribution in [2.75, 3.05) is 36.2 Å². The van der Waals surface area contributed by atoms with Gasteiger partial charge in [-0.25, -0.2) is 9.18 Å². The lowest BCUT2D eigenvalue weighted by atomic mass is 10.3. The van der Waals surface area contributed by atoms with Crippen LogP contribution in [0.5, 0.6) is 0 Å². The molecule has 2 rings (SSSR count). The maximum Gasteiger partial charge on any atom is 0.330 e. The third-order valence-electron chi connectivity index (χ3n) is 3.79. The number of thiocarbonyl (C=S) groups is 1. The van der Waals surface area contributed by atoms with E-state index in [9.17, 15) is 14.0 Å². The Morgan fingerprint density at radius 3 is 2.63 bits per heavy atom. The predicted octanol–water partition coefficient (Wildman–Crippen LogP) is 1.52. The predicted molar refractivity (Wildman–Crippen MR) is 108 cm³/mol. The fraction of sp³-hybridized carbons (Fsp3) is 0.353. The number of nitrogen functional groups attached to an aromatic ring is 1. The van der Waals surface area contributed by atoms with Crippen molar-refractivity contribution in [3.8, 4) is 0 Å². The van der Waals surface area contributed by atoms with Crippen molar-refractivity contribution in [2.45, 2.75) is 19.9 Å². The van der Waals surface area contributed by atoms with E-state index in [1.165, 1.54) is 40.8 Å². The molecule has 0 bridgehead atoms. The van der Waals surface area contributed by atoms with Gasteiger partial charge in [-0.15, -0.1) is 0 Å². The number of aromatic nitrogens is 2. The second kappa shape index (κ2) is 9.28. The molecule has 0 aliphatic rings. The quantitative estimate of drug-likeness (QED) is 0.611. The smallest absolute Gasteiger partial charge is 0.330 e. The van der Waals surface area contributed by atoms with Gasteiger partial charge in [0.05, 0.1) is 6.61 Å². The van der Waals surface area contributed by atoms with Gasteiger partial charge >= 0.3 is 5.69 Å². The zero-order valence-corrected chi connectivity index (χ0v) is 15.9. The standard InChI is InChI=1S/C17H22FN5O3S/c1-3-8-23-14(19)13(15(24)21-16(23)25)22(9-10-26-2)17(27)20-12-6-4-11(18)5-7-12/h4-7H,3,8-10,19H2,1-2H3,(H,20,27)(H,21,24,25). The molecule has 1 heterocycles. The Bertz CT molecular complexity index is 910. The monoisotopic (exact) mass is 395 g/mol. The first-order valence-electron chi connectivity index (χ1n) is 8.34. The van der Waals surface area contributed by atoms with Gasteiger partial charge in [-0.3, -0.25) is 14.3 Å². The molecule has 0 fully saturated rings. The Morgan fingerprint density at radius 2 is 2.04 bits per heavy atom. The van der Waals surface area contributed by atoms with Crippen LogP contribution in [0.1, 0.15) is 13.3 Å². The lowest BCUT2D eigenvalue weighted by Crippen LogP contribution is -2.44. The third-order valence-corrected chi connectivity index (χ3v) is 4.11. The average molecular weight is 395 g/mol. The van der Waals surface area contributed by atoms with Gasteiger partial charge in [0.2, 0.25) is 0 Å². The number of halogens is 1. The van der Waals surface area contributed by atoms with Gasteiger partial charge in [0.15, 0.2) is 10.8 Å². The van der Waals surface area contributed by atoms with Crippen LogP contribution in [0.3, 0.4) is 0 Å². The van der Waals surface area contributed by atoms with E-state index < -0.39 is 11.2 Å². The van der Waals surface area contributed by atoms with E-state index in [-0.39, 0.29) is 35.6 Å². The van der Waals surface area contributed by atoms with Crippen molar-refractivity contribution in [2.24, 2.45) is 0 Å². The number of anilines is 3. The number of methoxy groups -OCH3 is 1. The van der Waals surface area contributed by atoms with Crippen LogP contribution in [0.15, 0.2) is 33.9 Å². The number of H-pyrrole nitrogens is 1. The van der Waals surface area contributed by atoms with Crippen LogP contribution in [-0.4, -0.2) is 34.9 Å². The number of nitrogens with two attached hydrogens (primary N) is 1. The van der Waals surface area contributed by atoms with E-state index >= 15 is 0 Å². The normalized spacial score (nSPS) is 10.6. The molecule has 1 aromatic heterocycles. The van der Waals surface area contributed by atoms with Crippen molar-refractivity contribution < 1.29 is 9.13 Å². The zero-order valence-electron chi connectivity index (χ0n) is 15.1. The van der Waals surface area contributed by atoms with Crippen LogP contribution in [0, 0.1) is 5.82 Å². The molecule has 0 aliphatic heterocycles. The highest BCUT2D eigenvalue weighted by Crippen LogP contribution is 2.19. The highest BCUT2D eigenvalue weighted by atomic mass is 32.1. The average Bonchev–Trinajstić information content (AvgIpc) is 2.63. The number of nitrogens with one attached hydrogen (secondary N) is 2. The maximum atomic E-state index is 13.1. The van der Waals surface area contributed by atoms with E-state index in [2.05, 4.69) is 10.3 Å². The second-order valence-corrected chi connectivity index (χ2v) is 6.11. The molecule has 0 unspecified atom stereocenters. The minimum Gasteiger partial charge on any atom is -0.383 e. The summed E-state index contributed by atoms with van der Waals surface area (Å²) in [7, 11) is 1.51. The first-order chi connectivity index (χ1) is 12.9. The molecule has 10 heteroatoms.